The number of aromatic nitrogens is 2. The Kier molecular flexibility index (Phi) is 8.76. The van der Waals surface area contributed by atoms with E-state index in [-0.39, 0.29) is 0 Å². The van der Waals surface area contributed by atoms with Crippen LogP contribution >= 0.6 is 0 Å². The number of hydrogen-bond acceptors (Lipinski definition) is 4. The average Bonchev–Trinajstić information content (AvgIpc) is 2.78. The smallest absolute Gasteiger partial charge is 0.0507 e. The minimum atomic E-state index is 0.466. The van der Waals surface area contributed by atoms with Crippen LogP contribution in [-0.4, -0.2) is 48.0 Å². The molecule has 2 aromatic carbocycles. The van der Waals surface area contributed by atoms with Gasteiger partial charge in [-0.15, -0.1) is 0 Å². The van der Waals surface area contributed by atoms with Crippen molar-refractivity contribution in [1.29, 1.82) is 0 Å². The molecule has 4 heteroatoms. The summed E-state index contributed by atoms with van der Waals surface area (Å²) in [4.78, 5) is 13.4. The van der Waals surface area contributed by atoms with Crippen LogP contribution in [0.4, 0.5) is 0 Å². The second-order valence-electron chi connectivity index (χ2n) is 10.2. The monoisotopic (exact) mass is 456 g/mol. The van der Waals surface area contributed by atoms with Crippen LogP contribution in [0.15, 0.2) is 60.9 Å². The first-order chi connectivity index (χ1) is 16.2. The van der Waals surface area contributed by atoms with Gasteiger partial charge in [-0.3, -0.25) is 9.97 Å². The van der Waals surface area contributed by atoms with Crippen molar-refractivity contribution < 1.29 is 0 Å². The molecule has 34 heavy (non-hydrogen) atoms. The molecule has 2 aromatic heterocycles. The van der Waals surface area contributed by atoms with Crippen molar-refractivity contribution in [3.05, 3.63) is 83.4 Å². The fraction of sp³-hybridized carbons (Fsp3) is 0.400. The molecule has 0 bridgehead atoms. The predicted molar refractivity (Wildman–Crippen MR) is 146 cm³/mol. The van der Waals surface area contributed by atoms with Gasteiger partial charge in [-0.25, -0.2) is 0 Å². The van der Waals surface area contributed by atoms with Crippen LogP contribution < -0.4 is 0 Å². The largest absolute Gasteiger partial charge is 0.305 e. The van der Waals surface area contributed by atoms with E-state index in [4.69, 9.17) is 0 Å². The Balaban J connectivity index is 0.000000191. The molecule has 0 unspecified atom stereocenters. The molecule has 0 radical (unpaired) electrons. The Morgan fingerprint density at radius 2 is 1.26 bits per heavy atom. The summed E-state index contributed by atoms with van der Waals surface area (Å²) in [6.45, 7) is 10.7. The van der Waals surface area contributed by atoms with Gasteiger partial charge in [0.15, 0.2) is 0 Å². The lowest BCUT2D eigenvalue weighted by molar-refractivity contribution is 0.403. The van der Waals surface area contributed by atoms with E-state index in [1.165, 1.54) is 44.1 Å². The van der Waals surface area contributed by atoms with Crippen LogP contribution in [0.3, 0.4) is 0 Å². The Morgan fingerprint density at radius 3 is 1.88 bits per heavy atom. The molecule has 0 spiro atoms. The molecule has 0 N–H and O–H groups in total. The normalized spacial score (nSPS) is 11.6. The van der Waals surface area contributed by atoms with Crippen molar-refractivity contribution in [3.8, 4) is 0 Å². The molecule has 0 aliphatic rings. The highest BCUT2D eigenvalue weighted by Gasteiger charge is 2.09. The molecule has 2 heterocycles. The fourth-order valence-electron chi connectivity index (χ4n) is 4.41. The molecular formula is C30H40N4. The van der Waals surface area contributed by atoms with E-state index < -0.39 is 0 Å². The minimum Gasteiger partial charge on any atom is -0.305 e. The van der Waals surface area contributed by atoms with Gasteiger partial charge < -0.3 is 9.80 Å². The van der Waals surface area contributed by atoms with Gasteiger partial charge in [0.05, 0.1) is 11.4 Å². The van der Waals surface area contributed by atoms with E-state index in [9.17, 15) is 0 Å². The summed E-state index contributed by atoms with van der Waals surface area (Å²) in [5.74, 6) is 0.937. The van der Waals surface area contributed by atoms with E-state index in [1.54, 1.807) is 0 Å². The van der Waals surface area contributed by atoms with Crippen LogP contribution in [0.5, 0.6) is 0 Å². The van der Waals surface area contributed by atoms with Gasteiger partial charge >= 0.3 is 0 Å². The molecule has 4 rings (SSSR count). The second kappa shape index (κ2) is 11.5. The molecule has 0 aliphatic carbocycles. The summed E-state index contributed by atoms with van der Waals surface area (Å²) in [6.07, 6.45) is 3.84. The van der Waals surface area contributed by atoms with Gasteiger partial charge in [0, 0.05) is 36.3 Å². The number of fused-ring (bicyclic) bond motifs is 2. The van der Waals surface area contributed by atoms with Crippen LogP contribution in [0.25, 0.3) is 21.5 Å². The Morgan fingerprint density at radius 1 is 0.647 bits per heavy atom. The van der Waals surface area contributed by atoms with E-state index in [2.05, 4.69) is 124 Å². The van der Waals surface area contributed by atoms with Gasteiger partial charge in [-0.2, -0.15) is 0 Å². The summed E-state index contributed by atoms with van der Waals surface area (Å²) < 4.78 is 0. The third-order valence-corrected chi connectivity index (χ3v) is 5.87. The van der Waals surface area contributed by atoms with Gasteiger partial charge in [-0.1, -0.05) is 58.0 Å². The topological polar surface area (TPSA) is 32.3 Å². The van der Waals surface area contributed by atoms with Crippen LogP contribution in [-0.2, 0) is 13.1 Å². The summed E-state index contributed by atoms with van der Waals surface area (Å²) in [5, 5.41) is 5.20. The highest BCUT2D eigenvalue weighted by atomic mass is 15.1. The quantitative estimate of drug-likeness (QED) is 0.318. The third kappa shape index (κ3) is 6.40. The van der Waals surface area contributed by atoms with Gasteiger partial charge in [0.1, 0.15) is 0 Å². The minimum absolute atomic E-state index is 0.466. The van der Waals surface area contributed by atoms with Crippen molar-refractivity contribution in [2.45, 2.75) is 52.6 Å². The number of benzene rings is 2. The van der Waals surface area contributed by atoms with Crippen LogP contribution in [0, 0.1) is 0 Å². The third-order valence-electron chi connectivity index (χ3n) is 5.87. The number of hydrogen-bond donors (Lipinski definition) is 0. The second-order valence-corrected chi connectivity index (χ2v) is 10.2. The number of nitrogens with zero attached hydrogens (tertiary/aromatic N) is 4. The van der Waals surface area contributed by atoms with Crippen LogP contribution in [0.2, 0.25) is 0 Å². The van der Waals surface area contributed by atoms with Crippen molar-refractivity contribution in [3.63, 3.8) is 0 Å². The lowest BCUT2D eigenvalue weighted by Crippen LogP contribution is -2.11. The Labute approximate surface area is 205 Å². The average molecular weight is 457 g/mol. The maximum absolute atomic E-state index is 4.51. The summed E-state index contributed by atoms with van der Waals surface area (Å²) in [6, 6.07) is 17.4. The molecule has 0 fully saturated rings. The Bertz CT molecular complexity index is 1230. The molecule has 180 valence electrons. The van der Waals surface area contributed by atoms with Crippen molar-refractivity contribution in [2.24, 2.45) is 0 Å². The van der Waals surface area contributed by atoms with Gasteiger partial charge in [0.25, 0.3) is 0 Å². The maximum Gasteiger partial charge on any atom is 0.0507 e. The molecule has 4 aromatic rings. The lowest BCUT2D eigenvalue weighted by atomic mass is 9.99. The molecule has 4 nitrogen and oxygen atoms in total. The molecule has 0 saturated carbocycles. The first kappa shape index (κ1) is 25.8. The maximum atomic E-state index is 4.51. The first-order valence-corrected chi connectivity index (χ1v) is 12.2. The van der Waals surface area contributed by atoms with Crippen molar-refractivity contribution in [1.82, 2.24) is 19.8 Å². The predicted octanol–water partition coefficient (Wildman–Crippen LogP) is 6.84. The van der Waals surface area contributed by atoms with E-state index in [0.29, 0.717) is 11.8 Å². The van der Waals surface area contributed by atoms with Crippen LogP contribution in [0.1, 0.15) is 62.0 Å². The zero-order chi connectivity index (χ0) is 24.8. The van der Waals surface area contributed by atoms with E-state index in [0.717, 1.165) is 13.1 Å². The van der Waals surface area contributed by atoms with Crippen molar-refractivity contribution >= 4 is 21.5 Å². The lowest BCUT2D eigenvalue weighted by Gasteiger charge is -2.14. The summed E-state index contributed by atoms with van der Waals surface area (Å²) >= 11 is 0. The van der Waals surface area contributed by atoms with Gasteiger partial charge in [-0.05, 0) is 80.1 Å². The SMILES string of the molecule is CC(C)c1nccc2c(CN(C)C)cccc12.CC(C)c1nccc2cc(CN(C)C)ccc12. The number of rotatable bonds is 6. The molecule has 0 amide bonds. The molecule has 0 aliphatic heterocycles. The molecule has 0 atom stereocenters. The van der Waals surface area contributed by atoms with E-state index in [1.807, 2.05) is 12.4 Å². The van der Waals surface area contributed by atoms with E-state index >= 15 is 0 Å². The van der Waals surface area contributed by atoms with Gasteiger partial charge in [0.2, 0.25) is 0 Å². The highest BCUT2D eigenvalue weighted by molar-refractivity contribution is 5.88. The highest BCUT2D eigenvalue weighted by Crippen LogP contribution is 2.26. The fourth-order valence-corrected chi connectivity index (χ4v) is 4.41. The summed E-state index contributed by atoms with van der Waals surface area (Å²) in [5.41, 5.74) is 5.11. The first-order valence-electron chi connectivity index (χ1n) is 12.2. The Hall–Kier alpha value is -2.82. The number of pyridine rings is 2. The zero-order valence-corrected chi connectivity index (χ0v) is 22.1. The standard InChI is InChI=1S/2C15H20N2/c1-11(2)15-14-6-5-12(10-17(3)4)9-13(14)7-8-16-15;1-11(2)15-14-7-5-6-12(10-17(3)4)13(14)8-9-16-15/h2*5-9,11H,10H2,1-4H3. The zero-order valence-electron chi connectivity index (χ0n) is 22.1. The summed E-state index contributed by atoms with van der Waals surface area (Å²) in [7, 11) is 8.39. The molecule has 0 saturated heterocycles. The molecular weight excluding hydrogens is 416 g/mol. The van der Waals surface area contributed by atoms with Crippen molar-refractivity contribution in [2.75, 3.05) is 28.2 Å².